The summed E-state index contributed by atoms with van der Waals surface area (Å²) in [5.41, 5.74) is 3.95. The van der Waals surface area contributed by atoms with Crippen LogP contribution < -0.4 is 5.32 Å². The van der Waals surface area contributed by atoms with Crippen LogP contribution in [0.25, 0.3) is 0 Å². The number of benzene rings is 2. The Balaban J connectivity index is 1.46. The zero-order chi connectivity index (χ0) is 31.9. The normalized spacial score (nSPS) is 19.1. The minimum atomic E-state index is -0.862. The van der Waals surface area contributed by atoms with Crippen LogP contribution in [0.15, 0.2) is 36.4 Å². The molecular weight excluding hydrogens is 570 g/mol. The molecular formula is C33H39N9O3. The first-order valence-electron chi connectivity index (χ1n) is 15.5. The second-order valence-electron chi connectivity index (χ2n) is 13.0. The van der Waals surface area contributed by atoms with Crippen LogP contribution in [0.5, 0.6) is 0 Å². The van der Waals surface area contributed by atoms with Crippen LogP contribution in [-0.2, 0) is 23.1 Å². The number of nitriles is 1. The van der Waals surface area contributed by atoms with E-state index in [0.717, 1.165) is 41.5 Å². The molecule has 0 radical (unpaired) electrons. The average Bonchev–Trinajstić information content (AvgIpc) is 3.39. The lowest BCUT2D eigenvalue weighted by Gasteiger charge is -2.38. The molecule has 0 bridgehead atoms. The molecule has 6 rings (SSSR count). The Labute approximate surface area is 262 Å². The number of nitrogens with one attached hydrogen (secondary N) is 2. The highest BCUT2D eigenvalue weighted by atomic mass is 16.2. The minimum absolute atomic E-state index is 0.0685. The SMILES string of the molecule is CN(C)C(=O)c1ccc2c(c1)CCc1cc(C(=O)N(C)C)ccc1C2(CC1(NCC(=O)N2CCCC2C#N)CC1)c1nnn[nH]1. The van der Waals surface area contributed by atoms with E-state index < -0.39 is 5.41 Å². The minimum Gasteiger partial charge on any atom is -0.345 e. The first-order valence-corrected chi connectivity index (χ1v) is 15.5. The average molecular weight is 610 g/mol. The van der Waals surface area contributed by atoms with E-state index in [-0.39, 0.29) is 35.8 Å². The molecule has 3 aromatic rings. The van der Waals surface area contributed by atoms with Crippen molar-refractivity contribution in [2.45, 2.75) is 61.9 Å². The third-order valence-electron chi connectivity index (χ3n) is 9.64. The summed E-state index contributed by atoms with van der Waals surface area (Å²) in [6.45, 7) is 0.733. The largest absolute Gasteiger partial charge is 0.345 e. The number of carbonyl (C=O) groups is 3. The van der Waals surface area contributed by atoms with Gasteiger partial charge < -0.3 is 20.0 Å². The van der Waals surface area contributed by atoms with Gasteiger partial charge in [0.1, 0.15) is 6.04 Å². The van der Waals surface area contributed by atoms with Gasteiger partial charge >= 0.3 is 0 Å². The molecule has 1 saturated heterocycles. The maximum Gasteiger partial charge on any atom is 0.253 e. The summed E-state index contributed by atoms with van der Waals surface area (Å²) in [5, 5.41) is 28.7. The molecule has 2 heterocycles. The Morgan fingerprint density at radius 2 is 1.60 bits per heavy atom. The van der Waals surface area contributed by atoms with Gasteiger partial charge in [0.25, 0.3) is 11.8 Å². The zero-order valence-electron chi connectivity index (χ0n) is 26.3. The molecule has 1 unspecified atom stereocenters. The van der Waals surface area contributed by atoms with Crippen LogP contribution in [0, 0.1) is 11.3 Å². The molecule has 12 nitrogen and oxygen atoms in total. The van der Waals surface area contributed by atoms with Gasteiger partial charge in [0.05, 0.1) is 18.0 Å². The zero-order valence-corrected chi connectivity index (χ0v) is 26.3. The van der Waals surface area contributed by atoms with Crippen molar-refractivity contribution >= 4 is 17.7 Å². The number of aromatic amines is 1. The van der Waals surface area contributed by atoms with Gasteiger partial charge in [-0.2, -0.15) is 5.26 Å². The third kappa shape index (κ3) is 5.46. The molecule has 2 fully saturated rings. The van der Waals surface area contributed by atoms with E-state index in [4.69, 9.17) is 0 Å². The number of nitrogens with zero attached hydrogens (tertiary/aromatic N) is 7. The Morgan fingerprint density at radius 3 is 2.09 bits per heavy atom. The molecule has 0 spiro atoms. The lowest BCUT2D eigenvalue weighted by atomic mass is 9.67. The van der Waals surface area contributed by atoms with E-state index in [1.807, 2.05) is 36.4 Å². The first-order chi connectivity index (χ1) is 21.6. The predicted octanol–water partition coefficient (Wildman–Crippen LogP) is 2.06. The lowest BCUT2D eigenvalue weighted by molar-refractivity contribution is -0.130. The van der Waals surface area contributed by atoms with Crippen molar-refractivity contribution in [3.63, 3.8) is 0 Å². The van der Waals surface area contributed by atoms with Crippen molar-refractivity contribution in [3.8, 4) is 6.07 Å². The molecule has 2 aliphatic carbocycles. The van der Waals surface area contributed by atoms with Crippen LogP contribution in [0.1, 0.15) is 80.9 Å². The highest BCUT2D eigenvalue weighted by Crippen LogP contribution is 2.53. The number of tetrazole rings is 1. The van der Waals surface area contributed by atoms with Crippen LogP contribution in [-0.4, -0.2) is 106 Å². The number of H-pyrrole nitrogens is 1. The van der Waals surface area contributed by atoms with E-state index >= 15 is 0 Å². The molecule has 45 heavy (non-hydrogen) atoms. The van der Waals surface area contributed by atoms with Crippen molar-refractivity contribution in [2.24, 2.45) is 0 Å². The molecule has 12 heteroatoms. The Hall–Kier alpha value is -4.63. The fourth-order valence-corrected chi connectivity index (χ4v) is 7.14. The van der Waals surface area contributed by atoms with E-state index in [0.29, 0.717) is 49.2 Å². The number of amides is 3. The van der Waals surface area contributed by atoms with Crippen LogP contribution in [0.4, 0.5) is 0 Å². The molecule has 2 N–H and O–H groups in total. The first kappa shape index (κ1) is 30.4. The third-order valence-corrected chi connectivity index (χ3v) is 9.64. The van der Waals surface area contributed by atoms with Gasteiger partial charge in [-0.15, -0.1) is 5.10 Å². The highest BCUT2D eigenvalue weighted by Gasteiger charge is 2.54. The summed E-state index contributed by atoms with van der Waals surface area (Å²) in [7, 11) is 6.95. The van der Waals surface area contributed by atoms with Crippen molar-refractivity contribution in [2.75, 3.05) is 41.3 Å². The summed E-state index contributed by atoms with van der Waals surface area (Å²) < 4.78 is 0. The van der Waals surface area contributed by atoms with Gasteiger partial charge in [0.15, 0.2) is 5.82 Å². The quantitative estimate of drug-likeness (QED) is 0.394. The van der Waals surface area contributed by atoms with Crippen molar-refractivity contribution in [3.05, 3.63) is 75.6 Å². The summed E-state index contributed by atoms with van der Waals surface area (Å²) in [6, 6.07) is 13.6. The summed E-state index contributed by atoms with van der Waals surface area (Å²) >= 11 is 0. The van der Waals surface area contributed by atoms with Crippen molar-refractivity contribution in [1.29, 1.82) is 5.26 Å². The number of rotatable bonds is 8. The van der Waals surface area contributed by atoms with E-state index in [9.17, 15) is 19.6 Å². The molecule has 1 saturated carbocycles. The van der Waals surface area contributed by atoms with Crippen LogP contribution in [0.2, 0.25) is 0 Å². The number of hydrogen-bond donors (Lipinski definition) is 2. The maximum absolute atomic E-state index is 13.3. The smallest absolute Gasteiger partial charge is 0.253 e. The molecule has 1 aromatic heterocycles. The second-order valence-corrected chi connectivity index (χ2v) is 13.0. The van der Waals surface area contributed by atoms with E-state index in [1.54, 1.807) is 42.9 Å². The Bertz CT molecular complexity index is 1600. The van der Waals surface area contributed by atoms with Crippen LogP contribution >= 0.6 is 0 Å². The molecule has 3 aliphatic rings. The number of hydrogen-bond acceptors (Lipinski definition) is 8. The number of aryl methyl sites for hydroxylation is 2. The molecule has 234 valence electrons. The van der Waals surface area contributed by atoms with Gasteiger partial charge in [-0.05, 0) is 102 Å². The van der Waals surface area contributed by atoms with Gasteiger partial charge in [0, 0.05) is 51.4 Å². The van der Waals surface area contributed by atoms with Crippen LogP contribution in [0.3, 0.4) is 0 Å². The molecule has 2 aromatic carbocycles. The van der Waals surface area contributed by atoms with Crippen molar-refractivity contribution < 1.29 is 14.4 Å². The number of fused-ring (bicyclic) bond motifs is 2. The topological polar surface area (TPSA) is 151 Å². The summed E-state index contributed by atoms with van der Waals surface area (Å²) in [6.07, 6.45) is 5.11. The Morgan fingerprint density at radius 1 is 1.00 bits per heavy atom. The Kier molecular flexibility index (Phi) is 7.91. The lowest BCUT2D eigenvalue weighted by Crippen LogP contribution is -2.47. The molecule has 1 aliphatic heterocycles. The van der Waals surface area contributed by atoms with Gasteiger partial charge in [-0.3, -0.25) is 14.4 Å². The van der Waals surface area contributed by atoms with Gasteiger partial charge in [0.2, 0.25) is 5.91 Å². The predicted molar refractivity (Wildman–Crippen MR) is 165 cm³/mol. The number of aromatic nitrogens is 4. The van der Waals surface area contributed by atoms with E-state index in [1.165, 1.54) is 0 Å². The van der Waals surface area contributed by atoms with Gasteiger partial charge in [-0.1, -0.05) is 12.1 Å². The van der Waals surface area contributed by atoms with Gasteiger partial charge in [-0.25, -0.2) is 5.10 Å². The molecule has 3 amide bonds. The molecule has 1 atom stereocenters. The monoisotopic (exact) mass is 609 g/mol. The van der Waals surface area contributed by atoms with E-state index in [2.05, 4.69) is 32.0 Å². The maximum atomic E-state index is 13.3. The highest BCUT2D eigenvalue weighted by molar-refractivity contribution is 5.95. The summed E-state index contributed by atoms with van der Waals surface area (Å²) in [5.74, 6) is 0.332. The second kappa shape index (κ2) is 11.7. The standard InChI is InChI=1S/C33H39N9O3/c1-40(2)29(44)23-9-11-26-21(16-23)7-8-22-17-24(30(45)41(3)4)10-12-27(22)33(26,31-36-38-39-37-31)20-32(13-14-32)35-19-28(43)42-15-5-6-25(42)18-34/h9-12,16-17,25,35H,5-8,13-15,19-20H2,1-4H3,(H,36,37,38,39). The summed E-state index contributed by atoms with van der Waals surface area (Å²) in [4.78, 5) is 44.1. The number of likely N-dealkylation sites (tertiary alicyclic amines) is 1. The van der Waals surface area contributed by atoms with Crippen molar-refractivity contribution in [1.82, 2.24) is 40.6 Å². The fraction of sp³-hybridized carbons (Fsp3) is 0.485. The fourth-order valence-electron chi connectivity index (χ4n) is 7.14. The number of carbonyl (C=O) groups excluding carboxylic acids is 3.